The minimum Gasteiger partial charge on any atom is -0.508 e. The second-order valence-electron chi connectivity index (χ2n) is 6.63. The minimum atomic E-state index is -0.0996. The van der Waals surface area contributed by atoms with Crippen molar-refractivity contribution in [3.8, 4) is 5.75 Å². The van der Waals surface area contributed by atoms with E-state index in [1.165, 1.54) is 11.8 Å². The number of allylic oxidation sites excluding steroid dienone is 1. The van der Waals surface area contributed by atoms with Crippen molar-refractivity contribution in [1.29, 1.82) is 10.8 Å². The molecule has 31 heavy (non-hydrogen) atoms. The highest BCUT2D eigenvalue weighted by Gasteiger charge is 2.07. The number of aromatic hydroxyl groups is 1. The number of nitrogens with two attached hydrogens (primary N) is 2. The van der Waals surface area contributed by atoms with Gasteiger partial charge in [0.1, 0.15) is 11.6 Å². The Kier molecular flexibility index (Phi) is 11.7. The number of benzene rings is 2. The SMILES string of the molecule is C=N.CNCCc1ccc(CN=CC(=C\N)/C(=C/Cc2ccccc2O)C(=N)N)cc1. The Morgan fingerprint density at radius 3 is 2.35 bits per heavy atom. The summed E-state index contributed by atoms with van der Waals surface area (Å²) in [5.74, 6) is 0.106. The maximum Gasteiger partial charge on any atom is 0.123 e. The van der Waals surface area contributed by atoms with E-state index in [2.05, 4.69) is 41.3 Å². The van der Waals surface area contributed by atoms with Gasteiger partial charge in [-0.25, -0.2) is 0 Å². The third-order valence-corrected chi connectivity index (χ3v) is 4.49. The number of nitrogens with zero attached hydrogens (tertiary/aromatic N) is 1. The lowest BCUT2D eigenvalue weighted by molar-refractivity contribution is 0.469. The topological polar surface area (TPSA) is 144 Å². The number of phenolic OH excluding ortho intramolecular Hbond substituents is 1. The Bertz CT molecular complexity index is 916. The highest BCUT2D eigenvalue weighted by molar-refractivity contribution is 6.06. The number of aliphatic imine (C=N–C) groups is 1. The molecule has 0 amide bonds. The first-order valence-electron chi connectivity index (χ1n) is 9.86. The van der Waals surface area contributed by atoms with Crippen LogP contribution in [0.1, 0.15) is 16.7 Å². The van der Waals surface area contributed by atoms with Gasteiger partial charge in [-0.3, -0.25) is 10.4 Å². The van der Waals surface area contributed by atoms with E-state index in [1.807, 2.05) is 19.2 Å². The number of phenols is 1. The average Bonchev–Trinajstić information content (AvgIpc) is 2.79. The van der Waals surface area contributed by atoms with Crippen molar-refractivity contribution < 1.29 is 5.11 Å². The summed E-state index contributed by atoms with van der Waals surface area (Å²) in [4.78, 5) is 4.45. The van der Waals surface area contributed by atoms with Gasteiger partial charge in [0.25, 0.3) is 0 Å². The second-order valence-corrected chi connectivity index (χ2v) is 6.63. The Morgan fingerprint density at radius 1 is 1.13 bits per heavy atom. The molecule has 0 aliphatic rings. The van der Waals surface area contributed by atoms with E-state index in [1.54, 1.807) is 24.4 Å². The van der Waals surface area contributed by atoms with Crippen LogP contribution >= 0.6 is 0 Å². The first kappa shape index (κ1) is 25.3. The Balaban J connectivity index is 0.00000233. The predicted octanol–water partition coefficient (Wildman–Crippen LogP) is 2.94. The van der Waals surface area contributed by atoms with Crippen molar-refractivity contribution in [3.63, 3.8) is 0 Å². The molecular formula is C24H32N6O. The minimum absolute atomic E-state index is 0.0996. The molecule has 7 nitrogen and oxygen atoms in total. The molecule has 2 rings (SSSR count). The van der Waals surface area contributed by atoms with Crippen LogP contribution in [0.25, 0.3) is 0 Å². The third kappa shape index (κ3) is 8.67. The van der Waals surface area contributed by atoms with Crippen LogP contribution in [0, 0.1) is 10.8 Å². The number of hydrogen-bond acceptors (Lipinski definition) is 6. The summed E-state index contributed by atoms with van der Waals surface area (Å²) in [5, 5.41) is 26.4. The van der Waals surface area contributed by atoms with Crippen molar-refractivity contribution >= 4 is 18.8 Å². The normalized spacial score (nSPS) is 11.8. The van der Waals surface area contributed by atoms with E-state index in [-0.39, 0.29) is 11.6 Å². The van der Waals surface area contributed by atoms with Crippen LogP contribution in [0.15, 0.2) is 76.9 Å². The molecule has 0 aliphatic carbocycles. The Labute approximate surface area is 184 Å². The summed E-state index contributed by atoms with van der Waals surface area (Å²) in [7, 11) is 1.94. The van der Waals surface area contributed by atoms with Crippen LogP contribution in [-0.2, 0) is 19.4 Å². The Morgan fingerprint density at radius 2 is 1.77 bits per heavy atom. The third-order valence-electron chi connectivity index (χ3n) is 4.49. The van der Waals surface area contributed by atoms with Crippen LogP contribution in [-0.4, -0.2) is 37.5 Å². The number of amidine groups is 1. The fourth-order valence-electron chi connectivity index (χ4n) is 2.81. The molecule has 0 aliphatic heterocycles. The zero-order valence-electron chi connectivity index (χ0n) is 17.9. The molecule has 2 aromatic carbocycles. The first-order chi connectivity index (χ1) is 15.0. The number of rotatable bonds is 10. The van der Waals surface area contributed by atoms with Gasteiger partial charge in [-0.05, 0) is 55.9 Å². The van der Waals surface area contributed by atoms with Crippen molar-refractivity contribution in [2.45, 2.75) is 19.4 Å². The van der Waals surface area contributed by atoms with Crippen molar-refractivity contribution in [1.82, 2.24) is 5.32 Å². The molecule has 0 spiro atoms. The standard InChI is InChI=1S/C23H29N5O.CH3N/c1-27-13-12-17-6-8-18(9-7-17)15-28-16-20(14-24)21(23(25)26)11-10-19-4-2-3-5-22(19)29;1-2/h2-9,11,14,16,27,29H,10,12-13,15,24H2,1H3,(H3,25,26);2H,1H2/b20-14+,21-11-,28-16?;. The molecule has 0 heterocycles. The largest absolute Gasteiger partial charge is 0.508 e. The molecule has 0 radical (unpaired) electrons. The van der Waals surface area contributed by atoms with Gasteiger partial charge in [0.05, 0.1) is 6.54 Å². The molecule has 2 aromatic rings. The number of hydrogen-bond donors (Lipinski definition) is 6. The second kappa shape index (κ2) is 14.3. The van der Waals surface area contributed by atoms with Gasteiger partial charge in [0.15, 0.2) is 0 Å². The molecule has 8 N–H and O–H groups in total. The summed E-state index contributed by atoms with van der Waals surface area (Å²) < 4.78 is 0. The molecule has 0 saturated heterocycles. The van der Waals surface area contributed by atoms with Crippen molar-refractivity contribution in [2.75, 3.05) is 13.6 Å². The number of nitrogens with one attached hydrogen (secondary N) is 3. The molecule has 7 heteroatoms. The zero-order chi connectivity index (χ0) is 23.1. The molecular weight excluding hydrogens is 388 g/mol. The number of likely N-dealkylation sites (N-methyl/N-ethyl adjacent to an activating group) is 1. The van der Waals surface area contributed by atoms with Gasteiger partial charge in [0.2, 0.25) is 0 Å². The molecule has 0 atom stereocenters. The van der Waals surface area contributed by atoms with Crippen molar-refractivity contribution in [3.05, 3.63) is 88.6 Å². The van der Waals surface area contributed by atoms with Crippen LogP contribution in [0.4, 0.5) is 0 Å². The fraction of sp³-hybridized carbons (Fsp3) is 0.208. The monoisotopic (exact) mass is 420 g/mol. The molecule has 0 fully saturated rings. The maximum atomic E-state index is 9.91. The number of para-hydroxylation sites is 1. The van der Waals surface area contributed by atoms with Crippen LogP contribution in [0.5, 0.6) is 5.75 Å². The van der Waals surface area contributed by atoms with Crippen LogP contribution in [0.2, 0.25) is 0 Å². The lowest BCUT2D eigenvalue weighted by Gasteiger charge is -2.08. The van der Waals surface area contributed by atoms with Gasteiger partial charge in [-0.15, -0.1) is 0 Å². The highest BCUT2D eigenvalue weighted by atomic mass is 16.3. The average molecular weight is 421 g/mol. The quantitative estimate of drug-likeness (QED) is 0.199. The van der Waals surface area contributed by atoms with E-state index in [9.17, 15) is 5.11 Å². The lowest BCUT2D eigenvalue weighted by Crippen LogP contribution is -2.16. The van der Waals surface area contributed by atoms with E-state index >= 15 is 0 Å². The molecule has 0 aromatic heterocycles. The predicted molar refractivity (Wildman–Crippen MR) is 130 cm³/mol. The van der Waals surface area contributed by atoms with Gasteiger partial charge in [-0.2, -0.15) is 0 Å². The van der Waals surface area contributed by atoms with E-state index in [0.29, 0.717) is 24.1 Å². The van der Waals surface area contributed by atoms with Gasteiger partial charge in [0, 0.05) is 23.6 Å². The summed E-state index contributed by atoms with van der Waals surface area (Å²) in [5.41, 5.74) is 15.7. The molecule has 0 unspecified atom stereocenters. The van der Waals surface area contributed by atoms with Crippen LogP contribution in [0.3, 0.4) is 0 Å². The van der Waals surface area contributed by atoms with E-state index < -0.39 is 0 Å². The zero-order valence-corrected chi connectivity index (χ0v) is 17.9. The van der Waals surface area contributed by atoms with Gasteiger partial charge >= 0.3 is 0 Å². The van der Waals surface area contributed by atoms with E-state index in [4.69, 9.17) is 22.3 Å². The van der Waals surface area contributed by atoms with Gasteiger partial charge < -0.3 is 27.3 Å². The summed E-state index contributed by atoms with van der Waals surface area (Å²) in [6.07, 6.45) is 6.22. The summed E-state index contributed by atoms with van der Waals surface area (Å²) in [6.45, 7) is 3.96. The van der Waals surface area contributed by atoms with E-state index in [0.717, 1.165) is 24.1 Å². The molecule has 0 bridgehead atoms. The smallest absolute Gasteiger partial charge is 0.123 e. The maximum absolute atomic E-state index is 9.91. The lowest BCUT2D eigenvalue weighted by atomic mass is 10.0. The first-order valence-corrected chi connectivity index (χ1v) is 9.86. The van der Waals surface area contributed by atoms with Gasteiger partial charge in [-0.1, -0.05) is 48.5 Å². The molecule has 0 saturated carbocycles. The Hall–Kier alpha value is -3.71. The van der Waals surface area contributed by atoms with Crippen LogP contribution < -0.4 is 16.8 Å². The highest BCUT2D eigenvalue weighted by Crippen LogP contribution is 2.18. The molecule has 164 valence electrons. The van der Waals surface area contributed by atoms with Crippen molar-refractivity contribution in [2.24, 2.45) is 16.5 Å². The summed E-state index contributed by atoms with van der Waals surface area (Å²) >= 11 is 0. The summed E-state index contributed by atoms with van der Waals surface area (Å²) in [6, 6.07) is 15.4. The fourth-order valence-corrected chi connectivity index (χ4v) is 2.81.